The molecular formula is C25H21Cl2NO. The van der Waals surface area contributed by atoms with E-state index in [-0.39, 0.29) is 17.2 Å². The molecular weight excluding hydrogens is 401 g/mol. The molecule has 0 saturated carbocycles. The van der Waals surface area contributed by atoms with E-state index in [0.717, 1.165) is 34.4 Å². The molecule has 1 aliphatic carbocycles. The van der Waals surface area contributed by atoms with E-state index in [9.17, 15) is 4.79 Å². The smallest absolute Gasteiger partial charge is 0.162 e. The van der Waals surface area contributed by atoms with Crippen LogP contribution in [0.3, 0.4) is 0 Å². The Labute approximate surface area is 180 Å². The molecule has 1 aliphatic heterocycles. The fourth-order valence-corrected chi connectivity index (χ4v) is 5.46. The number of benzene rings is 3. The van der Waals surface area contributed by atoms with Crippen LogP contribution in [0.2, 0.25) is 10.0 Å². The van der Waals surface area contributed by atoms with Crippen molar-refractivity contribution in [3.8, 4) is 0 Å². The van der Waals surface area contributed by atoms with Crippen molar-refractivity contribution in [3.63, 3.8) is 0 Å². The molecule has 0 amide bonds. The van der Waals surface area contributed by atoms with Crippen LogP contribution < -0.4 is 5.32 Å². The summed E-state index contributed by atoms with van der Waals surface area (Å²) >= 11 is 13.1. The number of hydrogen-bond donors (Lipinski definition) is 1. The fourth-order valence-electron chi connectivity index (χ4n) is 4.84. The predicted octanol–water partition coefficient (Wildman–Crippen LogP) is 7.46. The molecule has 146 valence electrons. The Kier molecular flexibility index (Phi) is 4.27. The molecule has 0 unspecified atom stereocenters. The molecule has 2 aliphatic rings. The Morgan fingerprint density at radius 3 is 2.41 bits per heavy atom. The van der Waals surface area contributed by atoms with E-state index >= 15 is 0 Å². The van der Waals surface area contributed by atoms with E-state index in [4.69, 9.17) is 23.2 Å². The Morgan fingerprint density at radius 1 is 0.931 bits per heavy atom. The van der Waals surface area contributed by atoms with Gasteiger partial charge >= 0.3 is 0 Å². The van der Waals surface area contributed by atoms with Gasteiger partial charge in [0.05, 0.1) is 6.04 Å². The van der Waals surface area contributed by atoms with Crippen LogP contribution in [0.15, 0.2) is 60.2 Å². The zero-order valence-electron chi connectivity index (χ0n) is 16.4. The second-order valence-corrected chi connectivity index (χ2v) is 9.57. The highest BCUT2D eigenvalue weighted by Gasteiger charge is 2.41. The van der Waals surface area contributed by atoms with Crippen molar-refractivity contribution in [2.24, 2.45) is 5.41 Å². The molecule has 3 aromatic carbocycles. The van der Waals surface area contributed by atoms with E-state index in [1.54, 1.807) is 0 Å². The normalized spacial score (nSPS) is 20.3. The molecule has 0 fully saturated rings. The lowest BCUT2D eigenvalue weighted by molar-refractivity contribution is -0.118. The lowest BCUT2D eigenvalue weighted by Gasteiger charge is -2.40. The lowest BCUT2D eigenvalue weighted by Crippen LogP contribution is -2.33. The summed E-state index contributed by atoms with van der Waals surface area (Å²) in [5.41, 5.74) is 4.78. The standard InChI is InChI=1S/C25H21Cl2NO/c1-25(2)12-16-21-15-7-4-3-6-14(15)10-11-19(21)28-24(22(16)20(29)13-25)23-17(26)8-5-9-18(23)27/h3-11,24,28H,12-13H2,1-2H3/t24-/m0/s1. The van der Waals surface area contributed by atoms with Gasteiger partial charge in [-0.25, -0.2) is 0 Å². The Bertz CT molecular complexity index is 1190. The highest BCUT2D eigenvalue weighted by molar-refractivity contribution is 6.36. The molecule has 1 N–H and O–H groups in total. The molecule has 3 aromatic rings. The number of fused-ring (bicyclic) bond motifs is 4. The number of carbonyl (C=O) groups is 1. The first kappa shape index (κ1) is 18.7. The number of carbonyl (C=O) groups excluding carboxylic acids is 1. The van der Waals surface area contributed by atoms with E-state index in [2.05, 4.69) is 49.5 Å². The number of ketones is 1. The van der Waals surface area contributed by atoms with E-state index in [1.807, 2.05) is 24.3 Å². The van der Waals surface area contributed by atoms with Crippen molar-refractivity contribution in [2.75, 3.05) is 5.32 Å². The highest BCUT2D eigenvalue weighted by Crippen LogP contribution is 2.53. The minimum Gasteiger partial charge on any atom is -0.373 e. The summed E-state index contributed by atoms with van der Waals surface area (Å²) in [4.78, 5) is 13.4. The maximum atomic E-state index is 13.4. The van der Waals surface area contributed by atoms with Crippen molar-refractivity contribution < 1.29 is 4.79 Å². The first-order valence-electron chi connectivity index (χ1n) is 9.84. The number of anilines is 1. The topological polar surface area (TPSA) is 29.1 Å². The third kappa shape index (κ3) is 2.97. The van der Waals surface area contributed by atoms with Gasteiger partial charge in [-0.1, -0.05) is 73.4 Å². The van der Waals surface area contributed by atoms with Crippen LogP contribution in [0, 0.1) is 5.41 Å². The van der Waals surface area contributed by atoms with Gasteiger partial charge in [0, 0.05) is 38.9 Å². The van der Waals surface area contributed by atoms with Gasteiger partial charge < -0.3 is 5.32 Å². The van der Waals surface area contributed by atoms with Crippen molar-refractivity contribution in [1.29, 1.82) is 0 Å². The van der Waals surface area contributed by atoms with Crippen LogP contribution in [0.1, 0.15) is 43.9 Å². The average Bonchev–Trinajstić information content (AvgIpc) is 2.66. The van der Waals surface area contributed by atoms with Crippen LogP contribution in [0.25, 0.3) is 16.3 Å². The summed E-state index contributed by atoms with van der Waals surface area (Å²) in [5.74, 6) is 0.170. The van der Waals surface area contributed by atoms with Gasteiger partial charge in [-0.05, 0) is 46.4 Å². The zero-order chi connectivity index (χ0) is 20.3. The summed E-state index contributed by atoms with van der Waals surface area (Å²) in [6.07, 6.45) is 1.36. The van der Waals surface area contributed by atoms with Crippen molar-refractivity contribution in [1.82, 2.24) is 0 Å². The molecule has 5 rings (SSSR count). The third-order valence-corrected chi connectivity index (χ3v) is 6.69. The number of allylic oxidation sites excluding steroid dienone is 1. The van der Waals surface area contributed by atoms with Gasteiger partial charge in [0.2, 0.25) is 0 Å². The summed E-state index contributed by atoms with van der Waals surface area (Å²) < 4.78 is 0. The molecule has 4 heteroatoms. The summed E-state index contributed by atoms with van der Waals surface area (Å²) in [6, 6.07) is 17.7. The number of hydrogen-bond acceptors (Lipinski definition) is 2. The third-order valence-electron chi connectivity index (χ3n) is 6.03. The Balaban J connectivity index is 1.84. The molecule has 29 heavy (non-hydrogen) atoms. The fraction of sp³-hybridized carbons (Fsp3) is 0.240. The minimum atomic E-state index is -0.344. The van der Waals surface area contributed by atoms with Gasteiger partial charge in [-0.2, -0.15) is 0 Å². The first-order valence-corrected chi connectivity index (χ1v) is 10.6. The maximum Gasteiger partial charge on any atom is 0.162 e. The average molecular weight is 422 g/mol. The Hall–Kier alpha value is -2.29. The van der Waals surface area contributed by atoms with Crippen LogP contribution in [-0.2, 0) is 4.79 Å². The molecule has 1 atom stereocenters. The number of Topliss-reactive ketones (excluding diaryl/α,β-unsaturated/α-hetero) is 1. The van der Waals surface area contributed by atoms with E-state index < -0.39 is 0 Å². The quantitative estimate of drug-likeness (QED) is 0.441. The maximum absolute atomic E-state index is 13.4. The van der Waals surface area contributed by atoms with E-state index in [0.29, 0.717) is 16.5 Å². The van der Waals surface area contributed by atoms with Crippen molar-refractivity contribution in [2.45, 2.75) is 32.7 Å². The molecule has 0 bridgehead atoms. The number of halogens is 2. The van der Waals surface area contributed by atoms with Gasteiger partial charge in [0.1, 0.15) is 0 Å². The molecule has 0 radical (unpaired) electrons. The molecule has 0 saturated heterocycles. The largest absolute Gasteiger partial charge is 0.373 e. The highest BCUT2D eigenvalue weighted by atomic mass is 35.5. The second-order valence-electron chi connectivity index (χ2n) is 8.76. The summed E-state index contributed by atoms with van der Waals surface area (Å²) in [6.45, 7) is 4.33. The van der Waals surface area contributed by atoms with Gasteiger partial charge in [-0.3, -0.25) is 4.79 Å². The van der Waals surface area contributed by atoms with Crippen LogP contribution >= 0.6 is 23.2 Å². The lowest BCUT2D eigenvalue weighted by atomic mass is 9.68. The summed E-state index contributed by atoms with van der Waals surface area (Å²) in [7, 11) is 0. The predicted molar refractivity (Wildman–Crippen MR) is 122 cm³/mol. The minimum absolute atomic E-state index is 0.0870. The first-order chi connectivity index (χ1) is 13.9. The van der Waals surface area contributed by atoms with Crippen LogP contribution in [-0.4, -0.2) is 5.78 Å². The summed E-state index contributed by atoms with van der Waals surface area (Å²) in [5, 5.41) is 7.08. The molecule has 0 spiro atoms. The monoisotopic (exact) mass is 421 g/mol. The van der Waals surface area contributed by atoms with Gasteiger partial charge in [-0.15, -0.1) is 0 Å². The van der Waals surface area contributed by atoms with E-state index in [1.165, 1.54) is 10.8 Å². The number of nitrogens with one attached hydrogen (secondary N) is 1. The van der Waals surface area contributed by atoms with Gasteiger partial charge in [0.15, 0.2) is 5.78 Å². The van der Waals surface area contributed by atoms with Gasteiger partial charge in [0.25, 0.3) is 0 Å². The molecule has 1 heterocycles. The Morgan fingerprint density at radius 2 is 1.66 bits per heavy atom. The SMILES string of the molecule is CC1(C)CC(=O)C2=C(C1)c1c(ccc3ccccc13)N[C@@H]2c1c(Cl)cccc1Cl. The van der Waals surface area contributed by atoms with Crippen LogP contribution in [0.5, 0.6) is 0 Å². The molecule has 2 nitrogen and oxygen atoms in total. The number of rotatable bonds is 1. The second kappa shape index (κ2) is 6.62. The van der Waals surface area contributed by atoms with Crippen molar-refractivity contribution >= 4 is 51.0 Å². The zero-order valence-corrected chi connectivity index (χ0v) is 17.9. The van der Waals surface area contributed by atoms with Crippen molar-refractivity contribution in [3.05, 3.63) is 81.3 Å². The molecule has 0 aromatic heterocycles. The van der Waals surface area contributed by atoms with Crippen LogP contribution in [0.4, 0.5) is 5.69 Å².